The van der Waals surface area contributed by atoms with Crippen LogP contribution in [0.2, 0.25) is 0 Å². The molecule has 0 bridgehead atoms. The number of amides is 1. The maximum absolute atomic E-state index is 12.3. The molecule has 0 saturated carbocycles. The first-order valence-electron chi connectivity index (χ1n) is 8.51. The van der Waals surface area contributed by atoms with Crippen LogP contribution in [-0.2, 0) is 0 Å². The minimum Gasteiger partial charge on any atom is -0.372 e. The second-order valence-electron chi connectivity index (χ2n) is 6.93. The summed E-state index contributed by atoms with van der Waals surface area (Å²) in [5.41, 5.74) is 1.99. The number of nitrogens with zero attached hydrogens (tertiary/aromatic N) is 1. The number of carbonyl (C=O) groups excluding carboxylic acids is 1. The SMILES string of the molecule is CC1CCN(c2ccc(C(=O)NC3CNC(C)C3)cc2)CC1. The number of hydrogen-bond acceptors (Lipinski definition) is 3. The van der Waals surface area contributed by atoms with E-state index in [4.69, 9.17) is 0 Å². The molecule has 3 rings (SSSR count). The van der Waals surface area contributed by atoms with Crippen molar-refractivity contribution < 1.29 is 4.79 Å². The van der Waals surface area contributed by atoms with Gasteiger partial charge in [0.25, 0.3) is 5.91 Å². The number of anilines is 1. The fourth-order valence-corrected chi connectivity index (χ4v) is 3.41. The van der Waals surface area contributed by atoms with Gasteiger partial charge in [-0.15, -0.1) is 0 Å². The maximum Gasteiger partial charge on any atom is 0.251 e. The van der Waals surface area contributed by atoms with Crippen LogP contribution >= 0.6 is 0 Å². The zero-order valence-electron chi connectivity index (χ0n) is 13.6. The van der Waals surface area contributed by atoms with Crippen molar-refractivity contribution in [3.8, 4) is 0 Å². The summed E-state index contributed by atoms with van der Waals surface area (Å²) in [5, 5.41) is 6.48. The number of rotatable bonds is 3. The molecular formula is C18H27N3O. The Morgan fingerprint density at radius 1 is 1.18 bits per heavy atom. The van der Waals surface area contributed by atoms with Crippen LogP contribution in [0.25, 0.3) is 0 Å². The molecule has 1 amide bonds. The molecule has 4 nitrogen and oxygen atoms in total. The fourth-order valence-electron chi connectivity index (χ4n) is 3.41. The van der Waals surface area contributed by atoms with E-state index >= 15 is 0 Å². The van der Waals surface area contributed by atoms with Crippen LogP contribution in [0, 0.1) is 5.92 Å². The Kier molecular flexibility index (Phi) is 4.67. The summed E-state index contributed by atoms with van der Waals surface area (Å²) in [4.78, 5) is 14.7. The summed E-state index contributed by atoms with van der Waals surface area (Å²) in [6.07, 6.45) is 3.53. The first kappa shape index (κ1) is 15.3. The number of hydrogen-bond donors (Lipinski definition) is 2. The first-order valence-corrected chi connectivity index (χ1v) is 8.51. The van der Waals surface area contributed by atoms with E-state index in [9.17, 15) is 4.79 Å². The monoisotopic (exact) mass is 301 g/mol. The molecule has 0 aliphatic carbocycles. The molecule has 2 N–H and O–H groups in total. The molecule has 120 valence electrons. The predicted molar refractivity (Wildman–Crippen MR) is 90.4 cm³/mol. The highest BCUT2D eigenvalue weighted by atomic mass is 16.1. The molecule has 2 unspecified atom stereocenters. The second-order valence-corrected chi connectivity index (χ2v) is 6.93. The molecule has 22 heavy (non-hydrogen) atoms. The van der Waals surface area contributed by atoms with Crippen LogP contribution in [0.5, 0.6) is 0 Å². The van der Waals surface area contributed by atoms with Gasteiger partial charge in [0.15, 0.2) is 0 Å². The third-order valence-electron chi connectivity index (χ3n) is 4.96. The minimum absolute atomic E-state index is 0.0414. The standard InChI is InChI=1S/C18H27N3O/c1-13-7-9-21(10-8-13)17-5-3-15(4-6-17)18(22)20-16-11-14(2)19-12-16/h3-6,13-14,16,19H,7-12H2,1-2H3,(H,20,22). The van der Waals surface area contributed by atoms with Crippen molar-refractivity contribution in [3.05, 3.63) is 29.8 Å². The summed E-state index contributed by atoms with van der Waals surface area (Å²) in [7, 11) is 0. The van der Waals surface area contributed by atoms with Crippen molar-refractivity contribution in [1.82, 2.24) is 10.6 Å². The van der Waals surface area contributed by atoms with Crippen molar-refractivity contribution in [3.63, 3.8) is 0 Å². The van der Waals surface area contributed by atoms with Gasteiger partial charge in [-0.2, -0.15) is 0 Å². The zero-order valence-corrected chi connectivity index (χ0v) is 13.6. The van der Waals surface area contributed by atoms with Gasteiger partial charge in [0.1, 0.15) is 0 Å². The van der Waals surface area contributed by atoms with E-state index in [1.165, 1.54) is 18.5 Å². The molecule has 2 heterocycles. The van der Waals surface area contributed by atoms with Crippen molar-refractivity contribution in [1.29, 1.82) is 0 Å². The maximum atomic E-state index is 12.3. The van der Waals surface area contributed by atoms with Crippen molar-refractivity contribution in [2.24, 2.45) is 5.92 Å². The highest BCUT2D eigenvalue weighted by Crippen LogP contribution is 2.23. The molecule has 2 aliphatic rings. The molecular weight excluding hydrogens is 274 g/mol. The molecule has 1 aromatic rings. The van der Waals surface area contributed by atoms with E-state index in [0.717, 1.165) is 37.5 Å². The normalized spacial score (nSPS) is 26.2. The molecule has 0 aromatic heterocycles. The Bertz CT molecular complexity index is 506. The third kappa shape index (κ3) is 3.61. The van der Waals surface area contributed by atoms with E-state index in [2.05, 4.69) is 41.5 Å². The van der Waals surface area contributed by atoms with Gasteiger partial charge in [-0.1, -0.05) is 6.92 Å². The molecule has 2 atom stereocenters. The lowest BCUT2D eigenvalue weighted by Gasteiger charge is -2.32. The largest absolute Gasteiger partial charge is 0.372 e. The lowest BCUT2D eigenvalue weighted by molar-refractivity contribution is 0.0940. The average molecular weight is 301 g/mol. The fraction of sp³-hybridized carbons (Fsp3) is 0.611. The first-order chi connectivity index (χ1) is 10.6. The molecule has 0 radical (unpaired) electrons. The molecule has 1 aromatic carbocycles. The van der Waals surface area contributed by atoms with Crippen LogP contribution in [0.3, 0.4) is 0 Å². The van der Waals surface area contributed by atoms with E-state index in [-0.39, 0.29) is 11.9 Å². The summed E-state index contributed by atoms with van der Waals surface area (Å²) in [5.74, 6) is 0.878. The minimum atomic E-state index is 0.0414. The van der Waals surface area contributed by atoms with Crippen LogP contribution in [-0.4, -0.2) is 37.6 Å². The van der Waals surface area contributed by atoms with E-state index in [1.54, 1.807) is 0 Å². The van der Waals surface area contributed by atoms with Gasteiger partial charge >= 0.3 is 0 Å². The van der Waals surface area contributed by atoms with Gasteiger partial charge in [-0.3, -0.25) is 4.79 Å². The van der Waals surface area contributed by atoms with E-state index in [1.807, 2.05) is 12.1 Å². The molecule has 2 fully saturated rings. The molecule has 2 saturated heterocycles. The topological polar surface area (TPSA) is 44.4 Å². The van der Waals surface area contributed by atoms with Gasteiger partial charge < -0.3 is 15.5 Å². The highest BCUT2D eigenvalue weighted by Gasteiger charge is 2.22. The van der Waals surface area contributed by atoms with Crippen molar-refractivity contribution in [2.45, 2.75) is 45.2 Å². The Morgan fingerprint density at radius 3 is 2.45 bits per heavy atom. The summed E-state index contributed by atoms with van der Waals surface area (Å²) in [6.45, 7) is 7.59. The van der Waals surface area contributed by atoms with Gasteiger partial charge in [-0.25, -0.2) is 0 Å². The lowest BCUT2D eigenvalue weighted by Crippen LogP contribution is -2.36. The highest BCUT2D eigenvalue weighted by molar-refractivity contribution is 5.94. The number of nitrogens with one attached hydrogen (secondary N) is 2. The molecule has 0 spiro atoms. The lowest BCUT2D eigenvalue weighted by atomic mass is 9.98. The average Bonchev–Trinajstić information content (AvgIpc) is 2.93. The van der Waals surface area contributed by atoms with Crippen LogP contribution in [0.15, 0.2) is 24.3 Å². The summed E-state index contributed by atoms with van der Waals surface area (Å²) < 4.78 is 0. The van der Waals surface area contributed by atoms with Gasteiger partial charge in [-0.05, 0) is 56.4 Å². The van der Waals surface area contributed by atoms with Gasteiger partial charge in [0.05, 0.1) is 0 Å². The quantitative estimate of drug-likeness (QED) is 0.901. The summed E-state index contributed by atoms with van der Waals surface area (Å²) >= 11 is 0. The molecule has 4 heteroatoms. The smallest absolute Gasteiger partial charge is 0.251 e. The Hall–Kier alpha value is -1.55. The van der Waals surface area contributed by atoms with E-state index < -0.39 is 0 Å². The van der Waals surface area contributed by atoms with Crippen LogP contribution in [0.1, 0.15) is 43.5 Å². The number of carbonyl (C=O) groups is 1. The Balaban J connectivity index is 1.57. The second kappa shape index (κ2) is 6.69. The number of piperidine rings is 1. The Labute approximate surface area is 133 Å². The van der Waals surface area contributed by atoms with Gasteiger partial charge in [0.2, 0.25) is 0 Å². The van der Waals surface area contributed by atoms with Crippen LogP contribution in [0.4, 0.5) is 5.69 Å². The zero-order chi connectivity index (χ0) is 15.5. The summed E-state index contributed by atoms with van der Waals surface area (Å²) in [6, 6.07) is 8.82. The Morgan fingerprint density at radius 2 is 1.86 bits per heavy atom. The third-order valence-corrected chi connectivity index (χ3v) is 4.96. The van der Waals surface area contributed by atoms with Gasteiger partial charge in [0, 0.05) is 43.0 Å². The predicted octanol–water partition coefficient (Wildman–Crippen LogP) is 2.40. The van der Waals surface area contributed by atoms with Crippen molar-refractivity contribution in [2.75, 3.05) is 24.5 Å². The van der Waals surface area contributed by atoms with E-state index in [0.29, 0.717) is 6.04 Å². The molecule has 2 aliphatic heterocycles. The van der Waals surface area contributed by atoms with Crippen molar-refractivity contribution >= 4 is 11.6 Å². The number of benzene rings is 1. The van der Waals surface area contributed by atoms with Crippen LogP contribution < -0.4 is 15.5 Å².